The number of fused-ring (bicyclic) bond motifs is 9. The van der Waals surface area contributed by atoms with Gasteiger partial charge in [0.25, 0.3) is 0 Å². The van der Waals surface area contributed by atoms with Crippen LogP contribution in [0.3, 0.4) is 0 Å². The lowest BCUT2D eigenvalue weighted by Crippen LogP contribution is -2.75. The van der Waals surface area contributed by atoms with Gasteiger partial charge in [0, 0.05) is 33.2 Å². The zero-order valence-electron chi connectivity index (χ0n) is 78.3. The molecular weight excluding hydrogens is 1860 g/mol. The van der Waals surface area contributed by atoms with E-state index in [0.717, 1.165) is 131 Å². The molecule has 149 heavy (non-hydrogen) atoms. The molecule has 0 atom stereocenters. The Morgan fingerprint density at radius 1 is 0.181 bits per heavy atom. The van der Waals surface area contributed by atoms with Crippen LogP contribution in [0.5, 0.6) is 0 Å². The quantitative estimate of drug-likeness (QED) is 0.0486. The molecule has 24 rings (SSSR count). The third-order valence-corrected chi connectivity index (χ3v) is 42.8. The largest absolute Gasteiger partial charge is 0.309 e. The minimum Gasteiger partial charge on any atom is -0.309 e. The monoisotopic (exact) mass is 1960 g/mol. The van der Waals surface area contributed by atoms with Crippen molar-refractivity contribution in [3.05, 3.63) is 579 Å². The number of hydrogen-bond acceptors (Lipinski definition) is 3. The van der Waals surface area contributed by atoms with Gasteiger partial charge >= 0.3 is 0 Å². The molecule has 0 saturated heterocycles. The first-order valence-corrected chi connectivity index (χ1v) is 53.9. The molecule has 24 aromatic rings. The molecule has 0 saturated carbocycles. The molecule has 0 fully saturated rings. The van der Waals surface area contributed by atoms with Crippen molar-refractivity contribution in [1.82, 2.24) is 13.7 Å². The van der Waals surface area contributed by atoms with Gasteiger partial charge < -0.3 is 13.7 Å². The van der Waals surface area contributed by atoms with E-state index in [4.69, 9.17) is 19.7 Å². The first kappa shape index (κ1) is 101. The summed E-state index contributed by atoms with van der Waals surface area (Å²) < 4.78 is 6.85. The SMILES string of the molecule is C.C.C.C.C.[C-]#[N+]c1ccc2c(c1)c1ccccc1n2-c1ccc(-c2cccc([Si](c3ccccc3)(c3ccccc3)c3ccccc3C#N)c2)cc1.[C-]#[N+]c1ccc2c(c1)c1ccccc1n2-c1ccc(-c2ccccc2[Si](c2ccccc2)(c2ccccc2)c2ccccc2C#N)cc1.[C-]#[N+]c1ccc2c(c1)c1ccccc1n2-c1cccc(-c2ccc([Si](c3ccccc3)(c3ccccc3)c3ccccc3C#N)cc2)c1. The van der Waals surface area contributed by atoms with Crippen LogP contribution >= 0.6 is 0 Å². The predicted molar refractivity (Wildman–Crippen MR) is 636 cm³/mol. The van der Waals surface area contributed by atoms with Crippen molar-refractivity contribution in [3.63, 3.8) is 0 Å². The summed E-state index contributed by atoms with van der Waals surface area (Å²) in [7, 11) is -8.75. The Labute approximate surface area is 876 Å². The molecule has 0 aliphatic carbocycles. The molecule has 21 aromatic carbocycles. The fourth-order valence-corrected chi connectivity index (χ4v) is 36.9. The lowest BCUT2D eigenvalue weighted by Gasteiger charge is -2.36. The molecule has 0 N–H and O–H groups in total. The molecule has 0 aliphatic rings. The first-order valence-electron chi connectivity index (χ1n) is 47.9. The second-order valence-corrected chi connectivity index (χ2v) is 47.0. The molecule has 0 amide bonds. The fraction of sp³-hybridized carbons (Fsp3) is 0.0365. The van der Waals surface area contributed by atoms with Crippen LogP contribution in [0.4, 0.5) is 17.1 Å². The summed E-state index contributed by atoms with van der Waals surface area (Å²) >= 11 is 0. The normalized spacial score (nSPS) is 10.9. The number of hydrogen-bond donors (Lipinski definition) is 0. The van der Waals surface area contributed by atoms with Gasteiger partial charge in [-0.1, -0.05) is 456 Å². The second kappa shape index (κ2) is 44.2. The van der Waals surface area contributed by atoms with E-state index in [1.165, 1.54) is 46.7 Å². The number of rotatable bonds is 18. The lowest BCUT2D eigenvalue weighted by atomic mass is 10.1. The van der Waals surface area contributed by atoms with Gasteiger partial charge in [-0.05, 0) is 221 Å². The summed E-state index contributed by atoms with van der Waals surface area (Å²) in [6.45, 7) is 22.6. The molecule has 712 valence electrons. The van der Waals surface area contributed by atoms with E-state index in [0.29, 0.717) is 33.8 Å². The second-order valence-electron chi connectivity index (χ2n) is 35.8. The van der Waals surface area contributed by atoms with Gasteiger partial charge in [-0.3, -0.25) is 0 Å². The predicted octanol–water partition coefficient (Wildman–Crippen LogP) is 27.9. The highest BCUT2D eigenvalue weighted by Gasteiger charge is 2.47. The van der Waals surface area contributed by atoms with Crippen molar-refractivity contribution in [2.75, 3.05) is 0 Å². The van der Waals surface area contributed by atoms with Crippen molar-refractivity contribution in [1.29, 1.82) is 15.8 Å². The third-order valence-electron chi connectivity index (χ3n) is 28.2. The van der Waals surface area contributed by atoms with Gasteiger partial charge in [-0.2, -0.15) is 15.8 Å². The number of para-hydroxylation sites is 3. The Hall–Kier alpha value is -19.4. The highest BCUT2D eigenvalue weighted by atomic mass is 28.3. The van der Waals surface area contributed by atoms with Crippen molar-refractivity contribution >= 4 is 169 Å². The topological polar surface area (TPSA) is 99.2 Å². The van der Waals surface area contributed by atoms with Crippen LogP contribution in [0, 0.1) is 53.7 Å². The molecule has 0 spiro atoms. The van der Waals surface area contributed by atoms with Crippen molar-refractivity contribution < 1.29 is 0 Å². The van der Waals surface area contributed by atoms with Gasteiger partial charge in [-0.15, -0.1) is 0 Å². The molecule has 12 heteroatoms. The summed E-state index contributed by atoms with van der Waals surface area (Å²) in [5.41, 5.74) is 20.6. The zero-order chi connectivity index (χ0) is 97.5. The van der Waals surface area contributed by atoms with Crippen LogP contribution in [0.15, 0.2) is 528 Å². The van der Waals surface area contributed by atoms with E-state index in [1.807, 2.05) is 72.8 Å². The minimum absolute atomic E-state index is 0. The maximum atomic E-state index is 10.5. The molecular formula is C137H107N9Si3. The Bertz CT molecular complexity index is 9150. The summed E-state index contributed by atoms with van der Waals surface area (Å²) in [5.74, 6) is 0. The highest BCUT2D eigenvalue weighted by molar-refractivity contribution is 7.21. The highest BCUT2D eigenvalue weighted by Crippen LogP contribution is 2.40. The molecule has 0 bridgehead atoms. The third kappa shape index (κ3) is 18.0. The summed E-state index contributed by atoms with van der Waals surface area (Å²) in [5, 5.41) is 52.2. The van der Waals surface area contributed by atoms with Crippen LogP contribution in [0.1, 0.15) is 53.8 Å². The van der Waals surface area contributed by atoms with Crippen LogP contribution in [0.2, 0.25) is 0 Å². The maximum Gasteiger partial charge on any atom is 0.188 e. The number of nitriles is 3. The smallest absolute Gasteiger partial charge is 0.188 e. The Morgan fingerprint density at radius 3 is 0.805 bits per heavy atom. The van der Waals surface area contributed by atoms with E-state index in [-0.39, 0.29) is 37.1 Å². The Morgan fingerprint density at radius 2 is 0.443 bits per heavy atom. The van der Waals surface area contributed by atoms with E-state index in [2.05, 4.69) is 501 Å². The maximum absolute atomic E-state index is 10.5. The first-order chi connectivity index (χ1) is 71.2. The van der Waals surface area contributed by atoms with Crippen molar-refractivity contribution in [2.24, 2.45) is 0 Å². The van der Waals surface area contributed by atoms with Crippen LogP contribution in [-0.2, 0) is 0 Å². The van der Waals surface area contributed by atoms with Gasteiger partial charge in [0.1, 0.15) is 0 Å². The fourth-order valence-electron chi connectivity index (χ4n) is 22.0. The zero-order valence-corrected chi connectivity index (χ0v) is 81.3. The van der Waals surface area contributed by atoms with Gasteiger partial charge in [0.05, 0.1) is 87.7 Å². The summed E-state index contributed by atoms with van der Waals surface area (Å²) in [6, 6.07) is 192. The Kier molecular flexibility index (Phi) is 30.0. The molecule has 3 heterocycles. The average Bonchev–Trinajstić information content (AvgIpc) is 1.60. The molecule has 0 unspecified atom stereocenters. The summed E-state index contributed by atoms with van der Waals surface area (Å²) in [4.78, 5) is 11.0. The Balaban J connectivity index is 0.000000150. The number of nitrogens with zero attached hydrogens (tertiary/aromatic N) is 9. The van der Waals surface area contributed by atoms with E-state index < -0.39 is 24.2 Å². The number of aromatic nitrogens is 3. The lowest BCUT2D eigenvalue weighted by molar-refractivity contribution is 1.18. The van der Waals surface area contributed by atoms with Crippen LogP contribution in [-0.4, -0.2) is 37.9 Å². The average molecular weight is 1960 g/mol. The number of benzene rings is 21. The van der Waals surface area contributed by atoms with Crippen LogP contribution < -0.4 is 62.2 Å². The molecule has 0 aliphatic heterocycles. The van der Waals surface area contributed by atoms with E-state index >= 15 is 0 Å². The van der Waals surface area contributed by atoms with Crippen molar-refractivity contribution in [3.8, 4) is 68.7 Å². The molecule has 3 aromatic heterocycles. The van der Waals surface area contributed by atoms with Gasteiger partial charge in [0.2, 0.25) is 0 Å². The van der Waals surface area contributed by atoms with Gasteiger partial charge in [-0.25, -0.2) is 14.5 Å². The van der Waals surface area contributed by atoms with Crippen molar-refractivity contribution in [2.45, 2.75) is 37.1 Å². The van der Waals surface area contributed by atoms with E-state index in [1.54, 1.807) is 0 Å². The minimum atomic E-state index is -2.99. The standard InChI is InChI=1S/3C44H29N3Si.5CH4/c1-46-34-26-29-42-40(30-34)39-20-9-11-21-41(39)47(42)35-27-24-32(25-28-35)38-19-10-13-23-44(38)48(36-15-4-2-5-16-36,37-17-6-3-7-18-37)43-22-12-8-14-33(43)31-45;1-46-35-25-28-43-41(30-35)40-20-9-10-21-42(40)47(43)36-15-12-14-33(29-36)32-23-26-39(27-24-32)48(37-16-4-2-5-17-37,38-18-6-3-7-19-38)44-22-11-8-13-34(44)31-45;1-46-35-25-28-43-41(30-35)40-20-9-10-21-42(40)47(43)36-26-23-32(24-27-36)33-14-12-19-39(29-33)48(37-15-4-2-5-16-37,38-17-6-3-7-18-38)44-22-11-8-13-34(44)31-45;;;;;/h3*2-30H;5*1H4. The van der Waals surface area contributed by atoms with E-state index in [9.17, 15) is 15.8 Å². The van der Waals surface area contributed by atoms with Crippen LogP contribution in [0.25, 0.3) is 130 Å². The summed E-state index contributed by atoms with van der Waals surface area (Å²) in [6.07, 6.45) is 0. The molecule has 9 nitrogen and oxygen atoms in total. The van der Waals surface area contributed by atoms with Gasteiger partial charge in [0.15, 0.2) is 41.3 Å². The molecule has 0 radical (unpaired) electrons.